The monoisotopic (exact) mass is 358 g/mol. The fraction of sp³-hybridized carbons (Fsp3) is 0.111. The third-order valence-corrected chi connectivity index (χ3v) is 4.44. The van der Waals surface area contributed by atoms with Crippen LogP contribution in [-0.4, -0.2) is 45.2 Å². The van der Waals surface area contributed by atoms with Crippen LogP contribution in [0.1, 0.15) is 41.4 Å². The van der Waals surface area contributed by atoms with E-state index in [-0.39, 0.29) is 22.3 Å². The molecule has 2 rings (SSSR count). The summed E-state index contributed by atoms with van der Waals surface area (Å²) in [5.74, 6) is -3.07. The lowest BCUT2D eigenvalue weighted by atomic mass is 9.99. The molecule has 0 radical (unpaired) electrons. The van der Waals surface area contributed by atoms with Crippen LogP contribution in [0.2, 0.25) is 0 Å². The van der Waals surface area contributed by atoms with E-state index in [0.29, 0.717) is 0 Å². The molecule has 0 aromatic heterocycles. The third-order valence-electron chi connectivity index (χ3n) is 3.54. The fourth-order valence-electron chi connectivity index (χ4n) is 2.19. The van der Waals surface area contributed by atoms with Gasteiger partial charge in [-0.15, -0.1) is 11.8 Å². The summed E-state index contributed by atoms with van der Waals surface area (Å²) >= 11 is 1.07. The van der Waals surface area contributed by atoms with Crippen LogP contribution in [0, 0.1) is 0 Å². The number of benzene rings is 2. The molecule has 0 saturated carbocycles. The number of carboxylic acid groups (broad SMARTS) is 2. The first-order valence-corrected chi connectivity index (χ1v) is 8.42. The van der Waals surface area contributed by atoms with Gasteiger partial charge in [-0.25, -0.2) is 9.59 Å². The Labute approximate surface area is 147 Å². The Morgan fingerprint density at radius 1 is 0.680 bits per heavy atom. The van der Waals surface area contributed by atoms with Crippen LogP contribution in [-0.2, 0) is 0 Å². The molecule has 25 heavy (non-hydrogen) atoms. The first-order valence-electron chi connectivity index (χ1n) is 7.13. The molecule has 2 aromatic carbocycles. The summed E-state index contributed by atoms with van der Waals surface area (Å²) in [6.45, 7) is 0. The number of rotatable bonds is 7. The molecule has 0 atom stereocenters. The highest BCUT2D eigenvalue weighted by molar-refractivity contribution is 8.00. The average molecular weight is 358 g/mol. The summed E-state index contributed by atoms with van der Waals surface area (Å²) in [6, 6.07) is 10.7. The summed E-state index contributed by atoms with van der Waals surface area (Å²) in [6.07, 6.45) is 1.62. The van der Waals surface area contributed by atoms with Gasteiger partial charge in [0.15, 0.2) is 11.6 Å². The van der Waals surface area contributed by atoms with Gasteiger partial charge in [0.2, 0.25) is 0 Å². The zero-order valence-corrected chi connectivity index (χ0v) is 13.9. The Morgan fingerprint density at radius 2 is 0.960 bits per heavy atom. The Morgan fingerprint density at radius 3 is 1.20 bits per heavy atom. The second kappa shape index (κ2) is 7.76. The van der Waals surface area contributed by atoms with Gasteiger partial charge >= 0.3 is 11.9 Å². The number of hydrogen-bond acceptors (Lipinski definition) is 5. The normalized spacial score (nSPS) is 10.5. The first kappa shape index (κ1) is 18.4. The zero-order valence-electron chi connectivity index (χ0n) is 13.1. The molecule has 7 heteroatoms. The maximum atomic E-state index is 12.6. The molecule has 0 bridgehead atoms. The number of thioether (sulfide) groups is 1. The van der Waals surface area contributed by atoms with Gasteiger partial charge in [-0.2, -0.15) is 0 Å². The average Bonchev–Trinajstić information content (AvgIpc) is 2.62. The summed E-state index contributed by atoms with van der Waals surface area (Å²) in [7, 11) is 0. The van der Waals surface area contributed by atoms with Gasteiger partial charge in [0, 0.05) is 11.1 Å². The number of carboxylic acids is 2. The molecule has 0 aliphatic heterocycles. The molecule has 128 valence electrons. The van der Waals surface area contributed by atoms with Gasteiger partial charge in [-0.3, -0.25) is 9.59 Å². The second-order valence-corrected chi connectivity index (χ2v) is 6.05. The highest BCUT2D eigenvalue weighted by Crippen LogP contribution is 2.20. The summed E-state index contributed by atoms with van der Waals surface area (Å²) in [5, 5.41) is 16.8. The second-order valence-electron chi connectivity index (χ2n) is 5.11. The highest BCUT2D eigenvalue weighted by Gasteiger charge is 2.28. The van der Waals surface area contributed by atoms with Gasteiger partial charge in [0.1, 0.15) is 5.25 Å². The minimum Gasteiger partial charge on any atom is -0.478 e. The minimum atomic E-state index is -1.10. The molecule has 0 aliphatic carbocycles. The van der Waals surface area contributed by atoms with Crippen LogP contribution < -0.4 is 0 Å². The summed E-state index contributed by atoms with van der Waals surface area (Å²) in [5.41, 5.74) is 0.570. The van der Waals surface area contributed by atoms with Gasteiger partial charge < -0.3 is 10.2 Å². The molecule has 0 aliphatic rings. The third kappa shape index (κ3) is 4.13. The van der Waals surface area contributed by atoms with E-state index in [1.807, 2.05) is 0 Å². The molecule has 0 spiro atoms. The van der Waals surface area contributed by atoms with E-state index in [0.717, 1.165) is 11.8 Å². The number of hydrogen-bond donors (Lipinski definition) is 2. The smallest absolute Gasteiger partial charge is 0.335 e. The highest BCUT2D eigenvalue weighted by atomic mass is 32.2. The van der Waals surface area contributed by atoms with E-state index in [2.05, 4.69) is 0 Å². The number of carbonyl (C=O) groups is 4. The van der Waals surface area contributed by atoms with Crippen molar-refractivity contribution in [1.29, 1.82) is 0 Å². The van der Waals surface area contributed by atoms with E-state index in [4.69, 9.17) is 10.2 Å². The van der Waals surface area contributed by atoms with Crippen LogP contribution in [0.5, 0.6) is 0 Å². The number of Topliss-reactive ketones (excluding diaryl/α,β-unsaturated/α-hetero) is 2. The van der Waals surface area contributed by atoms with E-state index < -0.39 is 28.8 Å². The van der Waals surface area contributed by atoms with Gasteiger partial charge in [0.25, 0.3) is 0 Å². The summed E-state index contributed by atoms with van der Waals surface area (Å²) in [4.78, 5) is 46.8. The molecule has 6 nitrogen and oxygen atoms in total. The lowest BCUT2D eigenvalue weighted by Gasteiger charge is -2.13. The molecule has 2 N–H and O–H groups in total. The van der Waals surface area contributed by atoms with Crippen molar-refractivity contribution < 1.29 is 29.4 Å². The van der Waals surface area contributed by atoms with Crippen molar-refractivity contribution in [3.8, 4) is 0 Å². The quantitative estimate of drug-likeness (QED) is 0.578. The Balaban J connectivity index is 2.25. The standard InChI is InChI=1S/C18H14O6S/c1-25-16(14(19)10-2-6-12(7-3-10)17(21)22)15(20)11-4-8-13(9-5-11)18(23)24/h2-9,16H,1H3,(H,21,22)(H,23,24). The van der Waals surface area contributed by atoms with Gasteiger partial charge in [-0.05, 0) is 30.5 Å². The van der Waals surface area contributed by atoms with E-state index >= 15 is 0 Å². The lowest BCUT2D eigenvalue weighted by molar-refractivity contribution is 0.0686. The molecule has 0 saturated heterocycles. The van der Waals surface area contributed by atoms with Gasteiger partial charge in [-0.1, -0.05) is 24.3 Å². The Bertz CT molecular complexity index is 754. The van der Waals surface area contributed by atoms with Crippen molar-refractivity contribution in [2.24, 2.45) is 0 Å². The Kier molecular flexibility index (Phi) is 5.71. The van der Waals surface area contributed by atoms with Crippen LogP contribution in [0.3, 0.4) is 0 Å². The van der Waals surface area contributed by atoms with Crippen molar-refractivity contribution in [2.75, 3.05) is 6.26 Å². The number of aromatic carboxylic acids is 2. The van der Waals surface area contributed by atoms with Crippen LogP contribution in [0.4, 0.5) is 0 Å². The minimum absolute atomic E-state index is 0.0489. The summed E-state index contributed by atoms with van der Waals surface area (Å²) < 4.78 is 0. The maximum absolute atomic E-state index is 12.6. The van der Waals surface area contributed by atoms with Crippen molar-refractivity contribution in [3.05, 3.63) is 70.8 Å². The van der Waals surface area contributed by atoms with Crippen molar-refractivity contribution in [1.82, 2.24) is 0 Å². The zero-order chi connectivity index (χ0) is 18.6. The number of carbonyl (C=O) groups excluding carboxylic acids is 2. The molecule has 2 aromatic rings. The number of ketones is 2. The van der Waals surface area contributed by atoms with E-state index in [1.165, 1.54) is 48.5 Å². The van der Waals surface area contributed by atoms with Gasteiger partial charge in [0.05, 0.1) is 11.1 Å². The Hall–Kier alpha value is -2.93. The SMILES string of the molecule is CSC(C(=O)c1ccc(C(=O)O)cc1)C(=O)c1ccc(C(=O)O)cc1. The maximum Gasteiger partial charge on any atom is 0.335 e. The van der Waals surface area contributed by atoms with Crippen molar-refractivity contribution >= 4 is 35.3 Å². The predicted octanol–water partition coefficient (Wildman–Crippen LogP) is 2.88. The van der Waals surface area contributed by atoms with Crippen LogP contribution in [0.15, 0.2) is 48.5 Å². The molecule has 0 fully saturated rings. The van der Waals surface area contributed by atoms with Crippen molar-refractivity contribution in [2.45, 2.75) is 5.25 Å². The molecule has 0 amide bonds. The molecular weight excluding hydrogens is 344 g/mol. The van der Waals surface area contributed by atoms with Crippen LogP contribution in [0.25, 0.3) is 0 Å². The molecule has 0 unspecified atom stereocenters. The lowest BCUT2D eigenvalue weighted by Crippen LogP contribution is -2.27. The predicted molar refractivity (Wildman–Crippen MR) is 92.8 cm³/mol. The molecular formula is C18H14O6S. The topological polar surface area (TPSA) is 109 Å². The first-order chi connectivity index (χ1) is 11.8. The largest absolute Gasteiger partial charge is 0.478 e. The van der Waals surface area contributed by atoms with Crippen molar-refractivity contribution in [3.63, 3.8) is 0 Å². The van der Waals surface area contributed by atoms with E-state index in [9.17, 15) is 19.2 Å². The fourth-order valence-corrected chi connectivity index (χ4v) is 2.89. The van der Waals surface area contributed by atoms with E-state index in [1.54, 1.807) is 6.26 Å². The van der Waals surface area contributed by atoms with Crippen LogP contribution >= 0.6 is 11.8 Å². The molecule has 0 heterocycles.